The topological polar surface area (TPSA) is 92.9 Å². The van der Waals surface area contributed by atoms with Crippen LogP contribution in [0.5, 0.6) is 0 Å². The summed E-state index contributed by atoms with van der Waals surface area (Å²) in [4.78, 5) is 22.3. The van der Waals surface area contributed by atoms with Crippen LogP contribution in [0, 0.1) is 11.6 Å². The van der Waals surface area contributed by atoms with E-state index in [1.165, 1.54) is 17.7 Å². The fourth-order valence-corrected chi connectivity index (χ4v) is 4.07. The van der Waals surface area contributed by atoms with E-state index in [0.717, 1.165) is 62.1 Å². The summed E-state index contributed by atoms with van der Waals surface area (Å²) in [6, 6.07) is 3.83. The minimum absolute atomic E-state index is 0.234. The minimum atomic E-state index is -5.08. The number of fused-ring (bicyclic) bond motifs is 2. The molecule has 2 aromatic heterocycles. The molecule has 1 aliphatic heterocycles. The summed E-state index contributed by atoms with van der Waals surface area (Å²) in [6.07, 6.45) is 3.31. The number of benzene rings is 1. The SMILES string of the molecule is Fc1ccc(-c2cn3c(n2)CCC(Nc2ncnc4c2CCC4)C3)c(F)c1.O=C(O)C(F)(F)F. The molecule has 12 heteroatoms. The average molecular weight is 481 g/mol. The first-order valence-electron chi connectivity index (χ1n) is 10.5. The zero-order valence-corrected chi connectivity index (χ0v) is 17.7. The van der Waals surface area contributed by atoms with Crippen LogP contribution in [0.15, 0.2) is 30.7 Å². The number of carbonyl (C=O) groups is 1. The Morgan fingerprint density at radius 2 is 1.91 bits per heavy atom. The van der Waals surface area contributed by atoms with Crippen molar-refractivity contribution in [2.24, 2.45) is 0 Å². The van der Waals surface area contributed by atoms with Crippen molar-refractivity contribution in [2.45, 2.75) is 50.9 Å². The largest absolute Gasteiger partial charge is 0.490 e. The van der Waals surface area contributed by atoms with Crippen molar-refractivity contribution in [1.29, 1.82) is 0 Å². The Morgan fingerprint density at radius 3 is 2.62 bits per heavy atom. The molecule has 0 saturated carbocycles. The fourth-order valence-electron chi connectivity index (χ4n) is 4.07. The van der Waals surface area contributed by atoms with E-state index in [1.54, 1.807) is 6.33 Å². The Labute approximate surface area is 190 Å². The fraction of sp³-hybridized carbons (Fsp3) is 0.364. The lowest BCUT2D eigenvalue weighted by atomic mass is 10.1. The van der Waals surface area contributed by atoms with E-state index in [1.807, 2.05) is 6.20 Å². The van der Waals surface area contributed by atoms with Gasteiger partial charge < -0.3 is 15.0 Å². The van der Waals surface area contributed by atoms with E-state index in [4.69, 9.17) is 9.90 Å². The van der Waals surface area contributed by atoms with E-state index >= 15 is 0 Å². The van der Waals surface area contributed by atoms with Gasteiger partial charge in [0.25, 0.3) is 0 Å². The van der Waals surface area contributed by atoms with Gasteiger partial charge in [0, 0.05) is 48.1 Å². The van der Waals surface area contributed by atoms with Crippen LogP contribution in [-0.2, 0) is 30.6 Å². The van der Waals surface area contributed by atoms with Crippen LogP contribution >= 0.6 is 0 Å². The second kappa shape index (κ2) is 9.35. The van der Waals surface area contributed by atoms with Crippen LogP contribution in [0.4, 0.5) is 27.8 Å². The quantitative estimate of drug-likeness (QED) is 0.546. The molecule has 0 spiro atoms. The summed E-state index contributed by atoms with van der Waals surface area (Å²) in [7, 11) is 0. The third kappa shape index (κ3) is 5.15. The second-order valence-electron chi connectivity index (χ2n) is 8.00. The zero-order valence-electron chi connectivity index (χ0n) is 17.7. The Bertz CT molecular complexity index is 1210. The van der Waals surface area contributed by atoms with Gasteiger partial charge in [0.05, 0.1) is 5.69 Å². The number of anilines is 1. The molecule has 1 aliphatic carbocycles. The maximum absolute atomic E-state index is 14.1. The monoisotopic (exact) mass is 481 g/mol. The number of hydrogen-bond donors (Lipinski definition) is 2. The summed E-state index contributed by atoms with van der Waals surface area (Å²) >= 11 is 0. The molecular weight excluding hydrogens is 461 g/mol. The molecule has 34 heavy (non-hydrogen) atoms. The van der Waals surface area contributed by atoms with Gasteiger partial charge in [-0.1, -0.05) is 0 Å². The van der Waals surface area contributed by atoms with Gasteiger partial charge in [0.1, 0.15) is 29.6 Å². The van der Waals surface area contributed by atoms with Crippen molar-refractivity contribution in [3.8, 4) is 11.3 Å². The second-order valence-corrected chi connectivity index (χ2v) is 8.00. The number of rotatable bonds is 3. The van der Waals surface area contributed by atoms with Crippen LogP contribution in [0.1, 0.15) is 29.9 Å². The van der Waals surface area contributed by atoms with Gasteiger partial charge in [-0.3, -0.25) is 0 Å². The third-order valence-corrected chi connectivity index (χ3v) is 5.66. The molecule has 7 nitrogen and oxygen atoms in total. The maximum atomic E-state index is 14.1. The molecule has 0 amide bonds. The minimum Gasteiger partial charge on any atom is -0.475 e. The lowest BCUT2D eigenvalue weighted by Gasteiger charge is -2.25. The molecule has 1 aromatic carbocycles. The Morgan fingerprint density at radius 1 is 1.15 bits per heavy atom. The molecular formula is C22H20F5N5O2. The first kappa shape index (κ1) is 23.6. The number of nitrogens with zero attached hydrogens (tertiary/aromatic N) is 4. The highest BCUT2D eigenvalue weighted by molar-refractivity contribution is 5.73. The van der Waals surface area contributed by atoms with Gasteiger partial charge in [-0.2, -0.15) is 13.2 Å². The van der Waals surface area contributed by atoms with Crippen LogP contribution in [0.25, 0.3) is 11.3 Å². The standard InChI is InChI=1S/C20H19F2N5.C2HF3O2/c21-12-4-6-14(16(22)8-12)18-10-27-9-13(5-7-19(27)26-18)25-20-15-2-1-3-17(15)23-11-24-20;3-2(4,5)1(6)7/h4,6,8,10-11,13H,1-3,5,7,9H2,(H,23,24,25);(H,6,7). The molecule has 3 heterocycles. The molecule has 0 bridgehead atoms. The van der Waals surface area contributed by atoms with Crippen LogP contribution in [0.2, 0.25) is 0 Å². The lowest BCUT2D eigenvalue weighted by molar-refractivity contribution is -0.192. The molecule has 1 atom stereocenters. The van der Waals surface area contributed by atoms with E-state index in [9.17, 15) is 22.0 Å². The molecule has 0 radical (unpaired) electrons. The van der Waals surface area contributed by atoms with Crippen LogP contribution < -0.4 is 5.32 Å². The highest BCUT2D eigenvalue weighted by atomic mass is 19.4. The number of alkyl halides is 3. The first-order valence-corrected chi connectivity index (χ1v) is 10.5. The van der Waals surface area contributed by atoms with Crippen molar-refractivity contribution in [3.05, 3.63) is 59.4 Å². The predicted octanol–water partition coefficient (Wildman–Crippen LogP) is 4.17. The summed E-state index contributed by atoms with van der Waals surface area (Å²) in [5.41, 5.74) is 3.27. The molecule has 0 saturated heterocycles. The molecule has 180 valence electrons. The smallest absolute Gasteiger partial charge is 0.475 e. The number of nitrogens with one attached hydrogen (secondary N) is 1. The van der Waals surface area contributed by atoms with E-state index < -0.39 is 23.8 Å². The Kier molecular flexibility index (Phi) is 6.49. The van der Waals surface area contributed by atoms with Gasteiger partial charge >= 0.3 is 12.1 Å². The predicted molar refractivity (Wildman–Crippen MR) is 111 cm³/mol. The molecule has 2 N–H and O–H groups in total. The van der Waals surface area contributed by atoms with Crippen molar-refractivity contribution in [2.75, 3.05) is 5.32 Å². The summed E-state index contributed by atoms with van der Waals surface area (Å²) in [5, 5.41) is 10.7. The van der Waals surface area contributed by atoms with Crippen LogP contribution in [-0.4, -0.2) is 42.8 Å². The Balaban J connectivity index is 0.000000344. The number of imidazole rings is 1. The van der Waals surface area contributed by atoms with Gasteiger partial charge in [0.2, 0.25) is 0 Å². The normalized spacial score (nSPS) is 16.8. The van der Waals surface area contributed by atoms with Crippen molar-refractivity contribution in [3.63, 3.8) is 0 Å². The molecule has 5 rings (SSSR count). The van der Waals surface area contributed by atoms with Gasteiger partial charge in [-0.25, -0.2) is 28.5 Å². The van der Waals surface area contributed by atoms with Gasteiger partial charge in [-0.15, -0.1) is 0 Å². The molecule has 1 unspecified atom stereocenters. The average Bonchev–Trinajstić information content (AvgIpc) is 3.40. The summed E-state index contributed by atoms with van der Waals surface area (Å²) < 4.78 is 61.0. The van der Waals surface area contributed by atoms with Gasteiger partial charge in [0.15, 0.2) is 0 Å². The number of halogens is 5. The highest BCUT2D eigenvalue weighted by Crippen LogP contribution is 2.29. The first-order chi connectivity index (χ1) is 16.1. The van der Waals surface area contributed by atoms with Crippen LogP contribution in [0.3, 0.4) is 0 Å². The lowest BCUT2D eigenvalue weighted by Crippen LogP contribution is -2.31. The number of carboxylic acids is 1. The maximum Gasteiger partial charge on any atom is 0.490 e. The van der Waals surface area contributed by atoms with Crippen molar-refractivity contribution in [1.82, 2.24) is 19.5 Å². The number of aromatic nitrogens is 4. The molecule has 2 aliphatic rings. The number of hydrogen-bond acceptors (Lipinski definition) is 5. The molecule has 0 fully saturated rings. The zero-order chi connectivity index (χ0) is 24.5. The number of carboxylic acid groups (broad SMARTS) is 1. The molecule has 3 aromatic rings. The summed E-state index contributed by atoms with van der Waals surface area (Å²) in [5.74, 6) is -2.05. The number of aliphatic carboxylic acids is 1. The van der Waals surface area contributed by atoms with Gasteiger partial charge in [-0.05, 0) is 37.8 Å². The third-order valence-electron chi connectivity index (χ3n) is 5.66. The van der Waals surface area contributed by atoms with E-state index in [0.29, 0.717) is 11.3 Å². The highest BCUT2D eigenvalue weighted by Gasteiger charge is 2.38. The Hall–Kier alpha value is -3.57. The van der Waals surface area contributed by atoms with Crippen molar-refractivity contribution >= 4 is 11.8 Å². The van der Waals surface area contributed by atoms with Crippen molar-refractivity contribution < 1.29 is 31.9 Å². The number of aryl methyl sites for hydroxylation is 2. The summed E-state index contributed by atoms with van der Waals surface area (Å²) in [6.45, 7) is 0.740. The van der Waals surface area contributed by atoms with E-state index in [-0.39, 0.29) is 6.04 Å². The van der Waals surface area contributed by atoms with E-state index in [2.05, 4.69) is 24.8 Å².